The second-order valence-electron chi connectivity index (χ2n) is 5.18. The number of carboxylic acids is 1. The summed E-state index contributed by atoms with van der Waals surface area (Å²) in [5.74, 6) is -1.90. The summed E-state index contributed by atoms with van der Waals surface area (Å²) in [6, 6.07) is 3.09. The van der Waals surface area contributed by atoms with Gasteiger partial charge >= 0.3 is 5.97 Å². The van der Waals surface area contributed by atoms with E-state index in [0.717, 1.165) is 6.07 Å². The van der Waals surface area contributed by atoms with E-state index in [1.54, 1.807) is 0 Å². The minimum absolute atomic E-state index is 0.0439. The van der Waals surface area contributed by atoms with Gasteiger partial charge in [0, 0.05) is 17.7 Å². The van der Waals surface area contributed by atoms with Crippen LogP contribution < -0.4 is 10.6 Å². The largest absolute Gasteiger partial charge is 0.480 e. The third-order valence-corrected chi connectivity index (χ3v) is 3.92. The highest BCUT2D eigenvalue weighted by molar-refractivity contribution is 7.98. The number of nitrogens with zero attached hydrogens (tertiary/aromatic N) is 1. The number of rotatable bonds is 9. The normalized spacial score (nSPS) is 12.7. The number of benzene rings is 1. The standard InChI is InChI=1S/C15H19N3O6S/c1-9(15(21)22)16-14(20)12(6-7-25-2)17-13(19)10-4-3-5-11(8-10)18(23)24/h3-5,8-9,12H,6-7H2,1-2H3,(H,16,20)(H,17,19)(H,21,22). The minimum Gasteiger partial charge on any atom is -0.480 e. The molecule has 0 saturated heterocycles. The molecule has 3 N–H and O–H groups in total. The Labute approximate surface area is 148 Å². The summed E-state index contributed by atoms with van der Waals surface area (Å²) in [7, 11) is 0. The highest BCUT2D eigenvalue weighted by atomic mass is 32.2. The lowest BCUT2D eigenvalue weighted by molar-refractivity contribution is -0.384. The molecule has 0 aromatic heterocycles. The van der Waals surface area contributed by atoms with Crippen LogP contribution in [0.15, 0.2) is 24.3 Å². The summed E-state index contributed by atoms with van der Waals surface area (Å²) in [4.78, 5) is 45.5. The second kappa shape index (κ2) is 9.62. The van der Waals surface area contributed by atoms with Crippen molar-refractivity contribution in [1.82, 2.24) is 10.6 Å². The van der Waals surface area contributed by atoms with E-state index in [9.17, 15) is 24.5 Å². The molecule has 1 aromatic carbocycles. The van der Waals surface area contributed by atoms with Crippen LogP contribution in [0, 0.1) is 10.1 Å². The zero-order chi connectivity index (χ0) is 19.0. The van der Waals surface area contributed by atoms with E-state index >= 15 is 0 Å². The number of amides is 2. The Balaban J connectivity index is 2.88. The van der Waals surface area contributed by atoms with Crippen LogP contribution in [-0.4, -0.2) is 51.9 Å². The van der Waals surface area contributed by atoms with Crippen molar-refractivity contribution in [2.45, 2.75) is 25.4 Å². The van der Waals surface area contributed by atoms with Crippen LogP contribution in [0.1, 0.15) is 23.7 Å². The number of carbonyl (C=O) groups is 3. The highest BCUT2D eigenvalue weighted by Crippen LogP contribution is 2.13. The average molecular weight is 369 g/mol. The molecule has 10 heteroatoms. The molecule has 136 valence electrons. The smallest absolute Gasteiger partial charge is 0.325 e. The number of hydrogen-bond donors (Lipinski definition) is 3. The minimum atomic E-state index is -1.19. The van der Waals surface area contributed by atoms with Gasteiger partial charge in [-0.2, -0.15) is 11.8 Å². The van der Waals surface area contributed by atoms with Gasteiger partial charge in [-0.1, -0.05) is 6.07 Å². The van der Waals surface area contributed by atoms with Crippen LogP contribution in [0.3, 0.4) is 0 Å². The van der Waals surface area contributed by atoms with E-state index < -0.39 is 34.8 Å². The first kappa shape index (κ1) is 20.4. The van der Waals surface area contributed by atoms with Crippen LogP contribution in [0.25, 0.3) is 0 Å². The summed E-state index contributed by atoms with van der Waals surface area (Å²) in [5.41, 5.74) is -0.195. The van der Waals surface area contributed by atoms with Gasteiger partial charge in [0.05, 0.1) is 4.92 Å². The fourth-order valence-electron chi connectivity index (χ4n) is 1.88. The molecule has 0 fully saturated rings. The van der Waals surface area contributed by atoms with Gasteiger partial charge in [0.15, 0.2) is 0 Å². The molecular weight excluding hydrogens is 350 g/mol. The number of carbonyl (C=O) groups excluding carboxylic acids is 2. The molecule has 0 bridgehead atoms. The van der Waals surface area contributed by atoms with Crippen molar-refractivity contribution in [3.63, 3.8) is 0 Å². The number of nitrogens with one attached hydrogen (secondary N) is 2. The van der Waals surface area contributed by atoms with E-state index in [1.807, 2.05) is 6.26 Å². The Hall–Kier alpha value is -2.62. The topological polar surface area (TPSA) is 139 Å². The Morgan fingerprint density at radius 2 is 2.00 bits per heavy atom. The molecule has 2 amide bonds. The number of carboxylic acid groups (broad SMARTS) is 1. The average Bonchev–Trinajstić information content (AvgIpc) is 2.58. The van der Waals surface area contributed by atoms with Crippen molar-refractivity contribution in [3.8, 4) is 0 Å². The van der Waals surface area contributed by atoms with E-state index in [1.165, 1.54) is 36.9 Å². The molecule has 0 aliphatic carbocycles. The van der Waals surface area contributed by atoms with Gasteiger partial charge in [-0.3, -0.25) is 24.5 Å². The Bertz CT molecular complexity index is 666. The van der Waals surface area contributed by atoms with E-state index in [0.29, 0.717) is 12.2 Å². The molecule has 0 saturated carbocycles. The fraction of sp³-hybridized carbons (Fsp3) is 0.400. The molecule has 1 aromatic rings. The van der Waals surface area contributed by atoms with E-state index in [-0.39, 0.29) is 11.3 Å². The molecule has 0 aliphatic heterocycles. The maximum Gasteiger partial charge on any atom is 0.325 e. The lowest BCUT2D eigenvalue weighted by Crippen LogP contribution is -2.51. The maximum absolute atomic E-state index is 12.3. The molecule has 25 heavy (non-hydrogen) atoms. The SMILES string of the molecule is CSCCC(NC(=O)c1cccc([N+](=O)[O-])c1)C(=O)NC(C)C(=O)O. The van der Waals surface area contributed by atoms with Crippen molar-refractivity contribution >= 4 is 35.2 Å². The summed E-state index contributed by atoms with van der Waals surface area (Å²) in [6.45, 7) is 1.31. The van der Waals surface area contributed by atoms with Crippen molar-refractivity contribution in [1.29, 1.82) is 0 Å². The maximum atomic E-state index is 12.3. The predicted octanol–water partition coefficient (Wildman–Crippen LogP) is 1.04. The number of hydrogen-bond acceptors (Lipinski definition) is 6. The molecule has 0 spiro atoms. The van der Waals surface area contributed by atoms with Gasteiger partial charge in [0.2, 0.25) is 5.91 Å². The summed E-state index contributed by atoms with van der Waals surface area (Å²) in [5, 5.41) is 24.4. The van der Waals surface area contributed by atoms with Gasteiger partial charge < -0.3 is 15.7 Å². The molecule has 0 radical (unpaired) electrons. The lowest BCUT2D eigenvalue weighted by Gasteiger charge is -2.19. The first-order valence-corrected chi connectivity index (χ1v) is 8.73. The van der Waals surface area contributed by atoms with Gasteiger partial charge in [-0.15, -0.1) is 0 Å². The fourth-order valence-corrected chi connectivity index (χ4v) is 2.35. The molecule has 1 rings (SSSR count). The van der Waals surface area contributed by atoms with Gasteiger partial charge in [-0.25, -0.2) is 0 Å². The Morgan fingerprint density at radius 1 is 1.32 bits per heavy atom. The molecule has 9 nitrogen and oxygen atoms in total. The zero-order valence-corrected chi connectivity index (χ0v) is 14.5. The summed E-state index contributed by atoms with van der Waals surface area (Å²) in [6.07, 6.45) is 2.12. The van der Waals surface area contributed by atoms with Crippen molar-refractivity contribution in [3.05, 3.63) is 39.9 Å². The van der Waals surface area contributed by atoms with Crippen molar-refractivity contribution in [2.75, 3.05) is 12.0 Å². The van der Waals surface area contributed by atoms with Crippen molar-refractivity contribution < 1.29 is 24.4 Å². The van der Waals surface area contributed by atoms with Crippen molar-refractivity contribution in [2.24, 2.45) is 0 Å². The lowest BCUT2D eigenvalue weighted by atomic mass is 10.1. The number of non-ortho nitro benzene ring substituents is 1. The third-order valence-electron chi connectivity index (χ3n) is 3.28. The first-order chi connectivity index (χ1) is 11.8. The Morgan fingerprint density at radius 3 is 2.56 bits per heavy atom. The first-order valence-electron chi connectivity index (χ1n) is 7.33. The second-order valence-corrected chi connectivity index (χ2v) is 6.17. The molecule has 0 aliphatic rings. The third kappa shape index (κ3) is 6.42. The number of thioether (sulfide) groups is 1. The zero-order valence-electron chi connectivity index (χ0n) is 13.7. The van der Waals surface area contributed by atoms with Crippen LogP contribution in [-0.2, 0) is 9.59 Å². The van der Waals surface area contributed by atoms with E-state index in [4.69, 9.17) is 5.11 Å². The highest BCUT2D eigenvalue weighted by Gasteiger charge is 2.24. The number of nitro benzene ring substituents is 1. The Kier molecular flexibility index (Phi) is 7.86. The van der Waals surface area contributed by atoms with Crippen LogP contribution >= 0.6 is 11.8 Å². The van der Waals surface area contributed by atoms with E-state index in [2.05, 4.69) is 10.6 Å². The molecule has 2 atom stereocenters. The van der Waals surface area contributed by atoms with Crippen LogP contribution in [0.2, 0.25) is 0 Å². The van der Waals surface area contributed by atoms with Gasteiger partial charge in [-0.05, 0) is 31.4 Å². The van der Waals surface area contributed by atoms with Crippen LogP contribution in [0.4, 0.5) is 5.69 Å². The number of aliphatic carboxylic acids is 1. The molecule has 2 unspecified atom stereocenters. The van der Waals surface area contributed by atoms with Crippen LogP contribution in [0.5, 0.6) is 0 Å². The van der Waals surface area contributed by atoms with Gasteiger partial charge in [0.1, 0.15) is 12.1 Å². The predicted molar refractivity (Wildman–Crippen MR) is 92.6 cm³/mol. The monoisotopic (exact) mass is 369 g/mol. The summed E-state index contributed by atoms with van der Waals surface area (Å²) >= 11 is 1.46. The molecule has 0 heterocycles. The number of nitro groups is 1. The van der Waals surface area contributed by atoms with Gasteiger partial charge in [0.25, 0.3) is 11.6 Å². The summed E-state index contributed by atoms with van der Waals surface area (Å²) < 4.78 is 0. The molecular formula is C15H19N3O6S. The quantitative estimate of drug-likeness (QED) is 0.436.